The van der Waals surface area contributed by atoms with Crippen LogP contribution in [0, 0.1) is 5.92 Å². The predicted octanol–water partition coefficient (Wildman–Crippen LogP) is 3.03. The van der Waals surface area contributed by atoms with Crippen LogP contribution in [0.2, 0.25) is 0 Å². The molecule has 21 heavy (non-hydrogen) atoms. The van der Waals surface area contributed by atoms with Crippen molar-refractivity contribution in [2.75, 3.05) is 26.8 Å². The second kappa shape index (κ2) is 7.43. The van der Waals surface area contributed by atoms with Crippen LogP contribution in [0.4, 0.5) is 0 Å². The Morgan fingerprint density at radius 1 is 1.24 bits per heavy atom. The van der Waals surface area contributed by atoms with Crippen LogP contribution in [-0.4, -0.2) is 37.2 Å². The highest BCUT2D eigenvalue weighted by molar-refractivity contribution is 5.07. The predicted molar refractivity (Wildman–Crippen MR) is 85.2 cm³/mol. The van der Waals surface area contributed by atoms with Gasteiger partial charge >= 0.3 is 0 Å². The zero-order valence-electron chi connectivity index (χ0n) is 13.9. The molecule has 0 spiro atoms. The van der Waals surface area contributed by atoms with Crippen molar-refractivity contribution in [1.82, 2.24) is 10.2 Å². The molecule has 0 radical (unpaired) electrons. The molecule has 1 aliphatic heterocycles. The van der Waals surface area contributed by atoms with E-state index in [4.69, 9.17) is 9.15 Å². The molecule has 0 atom stereocenters. The van der Waals surface area contributed by atoms with Crippen molar-refractivity contribution < 1.29 is 9.15 Å². The summed E-state index contributed by atoms with van der Waals surface area (Å²) in [5.41, 5.74) is 0.121. The quantitative estimate of drug-likeness (QED) is 0.875. The summed E-state index contributed by atoms with van der Waals surface area (Å²) in [6.07, 6.45) is 2.46. The van der Waals surface area contributed by atoms with Crippen LogP contribution in [0.5, 0.6) is 0 Å². The van der Waals surface area contributed by atoms with Gasteiger partial charge in [0.15, 0.2) is 0 Å². The fourth-order valence-corrected chi connectivity index (χ4v) is 2.72. The van der Waals surface area contributed by atoms with Crippen molar-refractivity contribution in [3.8, 4) is 0 Å². The van der Waals surface area contributed by atoms with Gasteiger partial charge in [0, 0.05) is 19.3 Å². The van der Waals surface area contributed by atoms with E-state index >= 15 is 0 Å². The van der Waals surface area contributed by atoms with E-state index in [1.165, 1.54) is 12.8 Å². The smallest absolute Gasteiger partial charge is 0.118 e. The number of nitrogens with zero attached hydrogens (tertiary/aromatic N) is 1. The first-order valence-corrected chi connectivity index (χ1v) is 8.00. The maximum atomic E-state index is 5.93. The topological polar surface area (TPSA) is 37.6 Å². The second-order valence-corrected chi connectivity index (χ2v) is 7.15. The summed E-state index contributed by atoms with van der Waals surface area (Å²) in [6.45, 7) is 11.4. The standard InChI is InChI=1S/C17H30N2O2/c1-17(2,3)18-11-15-5-6-16(21-15)12-19-9-7-14(8-10-19)13-20-4/h5-6,14,18H,7-13H2,1-4H3. The average molecular weight is 294 g/mol. The zero-order valence-corrected chi connectivity index (χ0v) is 13.9. The number of piperidine rings is 1. The molecule has 1 aliphatic rings. The highest BCUT2D eigenvalue weighted by Gasteiger charge is 2.20. The van der Waals surface area contributed by atoms with Gasteiger partial charge in [0.05, 0.1) is 13.1 Å². The van der Waals surface area contributed by atoms with Crippen molar-refractivity contribution in [2.45, 2.75) is 52.2 Å². The van der Waals surface area contributed by atoms with E-state index in [1.54, 1.807) is 7.11 Å². The van der Waals surface area contributed by atoms with Crippen molar-refractivity contribution in [3.05, 3.63) is 23.7 Å². The van der Waals surface area contributed by atoms with Gasteiger partial charge in [-0.25, -0.2) is 0 Å². The monoisotopic (exact) mass is 294 g/mol. The first-order valence-electron chi connectivity index (χ1n) is 8.00. The number of hydrogen-bond donors (Lipinski definition) is 1. The SMILES string of the molecule is COCC1CCN(Cc2ccc(CNC(C)(C)C)o2)CC1. The lowest BCUT2D eigenvalue weighted by atomic mass is 9.98. The molecule has 2 heterocycles. The molecule has 120 valence electrons. The Morgan fingerprint density at radius 2 is 1.90 bits per heavy atom. The van der Waals surface area contributed by atoms with E-state index in [9.17, 15) is 0 Å². The Hall–Kier alpha value is -0.840. The molecule has 1 saturated heterocycles. The molecule has 2 rings (SSSR count). The van der Waals surface area contributed by atoms with Crippen LogP contribution in [0.15, 0.2) is 16.5 Å². The average Bonchev–Trinajstić information content (AvgIpc) is 2.86. The minimum Gasteiger partial charge on any atom is -0.463 e. The minimum absolute atomic E-state index is 0.121. The molecule has 1 aromatic rings. The van der Waals surface area contributed by atoms with Gasteiger partial charge in [-0.1, -0.05) is 0 Å². The highest BCUT2D eigenvalue weighted by Crippen LogP contribution is 2.20. The number of rotatable bonds is 6. The number of likely N-dealkylation sites (tertiary alicyclic amines) is 1. The van der Waals surface area contributed by atoms with Crippen LogP contribution in [-0.2, 0) is 17.8 Å². The van der Waals surface area contributed by atoms with Gasteiger partial charge in [0.25, 0.3) is 0 Å². The molecule has 4 heteroatoms. The molecular weight excluding hydrogens is 264 g/mol. The molecule has 0 bridgehead atoms. The first-order chi connectivity index (χ1) is 9.96. The van der Waals surface area contributed by atoms with Gasteiger partial charge in [-0.2, -0.15) is 0 Å². The lowest BCUT2D eigenvalue weighted by Crippen LogP contribution is -2.35. The zero-order chi connectivity index (χ0) is 15.3. The van der Waals surface area contributed by atoms with Crippen LogP contribution in [0.3, 0.4) is 0 Å². The van der Waals surface area contributed by atoms with Crippen LogP contribution >= 0.6 is 0 Å². The second-order valence-electron chi connectivity index (χ2n) is 7.15. The van der Waals surface area contributed by atoms with Gasteiger partial charge in [0.1, 0.15) is 11.5 Å². The summed E-state index contributed by atoms with van der Waals surface area (Å²) < 4.78 is 11.2. The summed E-state index contributed by atoms with van der Waals surface area (Å²) >= 11 is 0. The lowest BCUT2D eigenvalue weighted by Gasteiger charge is -2.30. The molecule has 0 aromatic carbocycles. The largest absolute Gasteiger partial charge is 0.463 e. The van der Waals surface area contributed by atoms with Gasteiger partial charge in [-0.15, -0.1) is 0 Å². The van der Waals surface area contributed by atoms with Crippen molar-refractivity contribution in [3.63, 3.8) is 0 Å². The molecule has 0 unspecified atom stereocenters. The molecule has 0 aliphatic carbocycles. The first kappa shape index (κ1) is 16.5. The summed E-state index contributed by atoms with van der Waals surface area (Å²) in [6, 6.07) is 4.20. The lowest BCUT2D eigenvalue weighted by molar-refractivity contribution is 0.0936. The summed E-state index contributed by atoms with van der Waals surface area (Å²) in [7, 11) is 1.79. The third kappa shape index (κ3) is 5.81. The number of methoxy groups -OCH3 is 1. The number of nitrogens with one attached hydrogen (secondary N) is 1. The number of hydrogen-bond acceptors (Lipinski definition) is 4. The molecule has 4 nitrogen and oxygen atoms in total. The Morgan fingerprint density at radius 3 is 2.52 bits per heavy atom. The summed E-state index contributed by atoms with van der Waals surface area (Å²) in [5.74, 6) is 2.83. The van der Waals surface area contributed by atoms with E-state index in [2.05, 4.69) is 43.1 Å². The Bertz CT molecular complexity index is 415. The van der Waals surface area contributed by atoms with Crippen LogP contribution in [0.25, 0.3) is 0 Å². The van der Waals surface area contributed by atoms with Gasteiger partial charge in [0.2, 0.25) is 0 Å². The van der Waals surface area contributed by atoms with E-state index in [0.717, 1.165) is 50.2 Å². The Balaban J connectivity index is 1.75. The fraction of sp³-hybridized carbons (Fsp3) is 0.765. The van der Waals surface area contributed by atoms with Gasteiger partial charge < -0.3 is 14.5 Å². The Kier molecular flexibility index (Phi) is 5.85. The molecule has 1 fully saturated rings. The summed E-state index contributed by atoms with van der Waals surface area (Å²) in [4.78, 5) is 2.48. The minimum atomic E-state index is 0.121. The van der Waals surface area contributed by atoms with Crippen molar-refractivity contribution >= 4 is 0 Å². The molecule has 1 aromatic heterocycles. The maximum Gasteiger partial charge on any atom is 0.118 e. The molecule has 0 amide bonds. The van der Waals surface area contributed by atoms with Crippen molar-refractivity contribution in [1.29, 1.82) is 0 Å². The molecule has 1 N–H and O–H groups in total. The van der Waals surface area contributed by atoms with E-state index in [0.29, 0.717) is 0 Å². The fourth-order valence-electron chi connectivity index (χ4n) is 2.72. The number of furan rings is 1. The summed E-state index contributed by atoms with van der Waals surface area (Å²) in [5, 5.41) is 3.45. The van der Waals surface area contributed by atoms with E-state index < -0.39 is 0 Å². The van der Waals surface area contributed by atoms with Gasteiger partial charge in [-0.3, -0.25) is 4.90 Å². The van der Waals surface area contributed by atoms with E-state index in [1.807, 2.05) is 0 Å². The van der Waals surface area contributed by atoms with E-state index in [-0.39, 0.29) is 5.54 Å². The number of ether oxygens (including phenoxy) is 1. The maximum absolute atomic E-state index is 5.93. The third-order valence-electron chi connectivity index (χ3n) is 4.00. The van der Waals surface area contributed by atoms with Crippen LogP contribution < -0.4 is 5.32 Å². The normalized spacial score (nSPS) is 18.3. The highest BCUT2D eigenvalue weighted by atomic mass is 16.5. The van der Waals surface area contributed by atoms with Gasteiger partial charge in [-0.05, 0) is 64.8 Å². The molecule has 0 saturated carbocycles. The van der Waals surface area contributed by atoms with Crippen LogP contribution in [0.1, 0.15) is 45.1 Å². The molecular formula is C17H30N2O2. The van der Waals surface area contributed by atoms with Crippen molar-refractivity contribution in [2.24, 2.45) is 5.92 Å². The Labute approximate surface area is 128 Å². The third-order valence-corrected chi connectivity index (χ3v) is 4.00.